The van der Waals surface area contributed by atoms with Gasteiger partial charge < -0.3 is 24.1 Å². The van der Waals surface area contributed by atoms with Gasteiger partial charge >= 0.3 is 0 Å². The molecule has 1 atom stereocenters. The number of β-amino-alcohol motifs (C(OH)–C–C–N with tert-alkyl or cyclic N) is 1. The van der Waals surface area contributed by atoms with Crippen LogP contribution in [0.25, 0.3) is 0 Å². The second kappa shape index (κ2) is 11.6. The zero-order valence-electron chi connectivity index (χ0n) is 20.8. The van der Waals surface area contributed by atoms with Crippen molar-refractivity contribution < 1.29 is 24.1 Å². The van der Waals surface area contributed by atoms with Crippen LogP contribution in [0, 0.1) is 13.8 Å². The summed E-state index contributed by atoms with van der Waals surface area (Å²) in [7, 11) is 1.64. The molecule has 0 bridgehead atoms. The van der Waals surface area contributed by atoms with Gasteiger partial charge in [0, 0.05) is 25.8 Å². The van der Waals surface area contributed by atoms with Crippen LogP contribution in [-0.4, -0.2) is 72.0 Å². The van der Waals surface area contributed by atoms with E-state index in [2.05, 4.69) is 10.00 Å². The summed E-state index contributed by atoms with van der Waals surface area (Å²) in [4.78, 5) is 2.18. The molecule has 0 spiro atoms. The van der Waals surface area contributed by atoms with Crippen LogP contribution in [0.1, 0.15) is 16.7 Å². The molecule has 35 heavy (non-hydrogen) atoms. The minimum absolute atomic E-state index is 0.166. The number of hydrogen-bond donors (Lipinski definition) is 1. The first-order valence-corrected chi connectivity index (χ1v) is 11.9. The van der Waals surface area contributed by atoms with Gasteiger partial charge in [-0.05, 0) is 54.8 Å². The van der Waals surface area contributed by atoms with E-state index >= 15 is 0 Å². The van der Waals surface area contributed by atoms with Gasteiger partial charge in [-0.3, -0.25) is 9.58 Å². The molecule has 3 aromatic rings. The van der Waals surface area contributed by atoms with Crippen molar-refractivity contribution in [3.63, 3.8) is 0 Å². The van der Waals surface area contributed by atoms with E-state index in [0.29, 0.717) is 44.3 Å². The Morgan fingerprint density at radius 2 is 1.97 bits per heavy atom. The smallest absolute Gasteiger partial charge is 0.161 e. The number of methoxy groups -OCH3 is 1. The van der Waals surface area contributed by atoms with E-state index in [4.69, 9.17) is 18.9 Å². The van der Waals surface area contributed by atoms with Gasteiger partial charge in [-0.2, -0.15) is 5.10 Å². The molecule has 1 aliphatic rings. The molecule has 2 aromatic carbocycles. The number of aliphatic hydroxyl groups is 1. The van der Waals surface area contributed by atoms with E-state index in [9.17, 15) is 5.11 Å². The van der Waals surface area contributed by atoms with Crippen LogP contribution in [0.15, 0.2) is 54.9 Å². The summed E-state index contributed by atoms with van der Waals surface area (Å²) in [6.07, 6.45) is 3.82. The van der Waals surface area contributed by atoms with Crippen molar-refractivity contribution in [2.45, 2.75) is 32.5 Å². The Hall–Kier alpha value is -3.07. The highest BCUT2D eigenvalue weighted by molar-refractivity contribution is 5.43. The monoisotopic (exact) mass is 481 g/mol. The lowest BCUT2D eigenvalue weighted by molar-refractivity contribution is -0.0646. The molecule has 0 amide bonds. The SMILES string of the molecule is COc1cc(CN2CCOCC(O)(COc3cccc(C)c3)C2)ccc1OCCn1cc(C)cn1. The standard InChI is InChI=1S/C27H35N3O5/c1-21-5-4-6-24(13-21)35-20-27(31)18-29(9-11-33-19-27)17-23-7-8-25(26(14-23)32-3)34-12-10-30-16-22(2)15-28-30/h4-8,13-16,31H,9-12,17-20H2,1-3H3. The molecule has 8 nitrogen and oxygen atoms in total. The molecule has 2 heterocycles. The summed E-state index contributed by atoms with van der Waals surface area (Å²) < 4.78 is 25.0. The minimum Gasteiger partial charge on any atom is -0.493 e. The third-order valence-corrected chi connectivity index (χ3v) is 5.91. The Morgan fingerprint density at radius 1 is 1.09 bits per heavy atom. The number of ether oxygens (including phenoxy) is 4. The Labute approximate surface area is 207 Å². The molecular formula is C27H35N3O5. The number of benzene rings is 2. The maximum absolute atomic E-state index is 11.2. The van der Waals surface area contributed by atoms with Crippen LogP contribution in [0.3, 0.4) is 0 Å². The first kappa shape index (κ1) is 25.0. The van der Waals surface area contributed by atoms with Crippen molar-refractivity contribution in [3.05, 3.63) is 71.5 Å². The van der Waals surface area contributed by atoms with Crippen LogP contribution < -0.4 is 14.2 Å². The molecule has 188 valence electrons. The summed E-state index contributed by atoms with van der Waals surface area (Å²) >= 11 is 0. The highest BCUT2D eigenvalue weighted by Crippen LogP contribution is 2.29. The second-order valence-electron chi connectivity index (χ2n) is 9.21. The molecule has 0 saturated carbocycles. The molecule has 1 aliphatic heterocycles. The normalized spacial score (nSPS) is 18.7. The van der Waals surface area contributed by atoms with E-state index in [1.165, 1.54) is 0 Å². The molecule has 8 heteroatoms. The molecular weight excluding hydrogens is 446 g/mol. The molecule has 1 aromatic heterocycles. The number of aromatic nitrogens is 2. The highest BCUT2D eigenvalue weighted by Gasteiger charge is 2.33. The second-order valence-corrected chi connectivity index (χ2v) is 9.21. The molecule has 4 rings (SSSR count). The zero-order chi connectivity index (χ0) is 24.7. The van der Waals surface area contributed by atoms with E-state index in [0.717, 1.165) is 29.0 Å². The predicted octanol–water partition coefficient (Wildman–Crippen LogP) is 3.23. The average molecular weight is 482 g/mol. The number of nitrogens with zero attached hydrogens (tertiary/aromatic N) is 3. The number of hydrogen-bond acceptors (Lipinski definition) is 7. The van der Waals surface area contributed by atoms with Crippen molar-refractivity contribution in [2.24, 2.45) is 0 Å². The summed E-state index contributed by atoms with van der Waals surface area (Å²) in [5.41, 5.74) is 2.21. The fourth-order valence-corrected chi connectivity index (χ4v) is 4.17. The highest BCUT2D eigenvalue weighted by atomic mass is 16.5. The molecule has 1 unspecified atom stereocenters. The lowest BCUT2D eigenvalue weighted by Gasteiger charge is -2.30. The van der Waals surface area contributed by atoms with Gasteiger partial charge in [-0.15, -0.1) is 0 Å². The van der Waals surface area contributed by atoms with E-state index in [1.54, 1.807) is 7.11 Å². The maximum Gasteiger partial charge on any atom is 0.161 e. The Bertz CT molecular complexity index is 1100. The maximum atomic E-state index is 11.2. The number of rotatable bonds is 10. The third-order valence-electron chi connectivity index (χ3n) is 5.91. The summed E-state index contributed by atoms with van der Waals surface area (Å²) in [6, 6.07) is 13.8. The molecule has 0 radical (unpaired) electrons. The first-order valence-electron chi connectivity index (χ1n) is 11.9. The van der Waals surface area contributed by atoms with Crippen molar-refractivity contribution in [3.8, 4) is 17.2 Å². The Morgan fingerprint density at radius 3 is 2.74 bits per heavy atom. The Kier molecular flexibility index (Phi) is 8.28. The summed E-state index contributed by atoms with van der Waals surface area (Å²) in [5, 5.41) is 15.5. The van der Waals surface area contributed by atoms with Crippen molar-refractivity contribution >= 4 is 0 Å². The number of aryl methyl sites for hydroxylation is 2. The van der Waals surface area contributed by atoms with E-state index in [1.807, 2.05) is 73.4 Å². The van der Waals surface area contributed by atoms with Crippen LogP contribution in [0.5, 0.6) is 17.2 Å². The van der Waals surface area contributed by atoms with Gasteiger partial charge in [-0.1, -0.05) is 18.2 Å². The van der Waals surface area contributed by atoms with Gasteiger partial charge in [0.15, 0.2) is 11.5 Å². The van der Waals surface area contributed by atoms with E-state index < -0.39 is 5.60 Å². The van der Waals surface area contributed by atoms with Crippen LogP contribution in [0.4, 0.5) is 0 Å². The van der Waals surface area contributed by atoms with Gasteiger partial charge in [-0.25, -0.2) is 0 Å². The van der Waals surface area contributed by atoms with Crippen LogP contribution in [-0.2, 0) is 17.8 Å². The van der Waals surface area contributed by atoms with Gasteiger partial charge in [0.25, 0.3) is 0 Å². The fraction of sp³-hybridized carbons (Fsp3) is 0.444. The van der Waals surface area contributed by atoms with Crippen molar-refractivity contribution in [2.75, 3.05) is 46.6 Å². The third kappa shape index (κ3) is 7.21. The van der Waals surface area contributed by atoms with Crippen LogP contribution >= 0.6 is 0 Å². The zero-order valence-corrected chi connectivity index (χ0v) is 20.8. The fourth-order valence-electron chi connectivity index (χ4n) is 4.17. The van der Waals surface area contributed by atoms with Crippen LogP contribution in [0.2, 0.25) is 0 Å². The first-order chi connectivity index (χ1) is 16.9. The molecule has 1 N–H and O–H groups in total. The predicted molar refractivity (Wildman–Crippen MR) is 133 cm³/mol. The topological polar surface area (TPSA) is 78.2 Å². The molecule has 1 saturated heterocycles. The lowest BCUT2D eigenvalue weighted by Crippen LogP contribution is -2.48. The summed E-state index contributed by atoms with van der Waals surface area (Å²) in [6.45, 7) is 7.96. The van der Waals surface area contributed by atoms with Gasteiger partial charge in [0.1, 0.15) is 24.6 Å². The van der Waals surface area contributed by atoms with E-state index in [-0.39, 0.29) is 13.2 Å². The van der Waals surface area contributed by atoms with Gasteiger partial charge in [0.2, 0.25) is 0 Å². The largest absolute Gasteiger partial charge is 0.493 e. The van der Waals surface area contributed by atoms with Gasteiger partial charge in [0.05, 0.1) is 33.1 Å². The quantitative estimate of drug-likeness (QED) is 0.476. The Balaban J connectivity index is 1.35. The minimum atomic E-state index is -1.10. The molecule has 0 aliphatic carbocycles. The lowest BCUT2D eigenvalue weighted by atomic mass is 10.1. The average Bonchev–Trinajstić information content (AvgIpc) is 3.16. The molecule has 1 fully saturated rings. The van der Waals surface area contributed by atoms with Crippen molar-refractivity contribution in [1.29, 1.82) is 0 Å². The summed E-state index contributed by atoms with van der Waals surface area (Å²) in [5.74, 6) is 2.13. The van der Waals surface area contributed by atoms with Crippen molar-refractivity contribution in [1.82, 2.24) is 14.7 Å².